The fourth-order valence-corrected chi connectivity index (χ4v) is 2.21. The van der Waals surface area contributed by atoms with Crippen molar-refractivity contribution in [1.82, 2.24) is 0 Å². The average molecular weight is 371 g/mol. The van der Waals surface area contributed by atoms with Crippen molar-refractivity contribution in [3.05, 3.63) is 63.5 Å². The predicted molar refractivity (Wildman–Crippen MR) is 94.8 cm³/mol. The number of methoxy groups -OCH3 is 2. The first-order valence-electron chi connectivity index (χ1n) is 7.49. The number of halogens is 1. The zero-order valence-electron chi connectivity index (χ0n) is 14.4. The lowest BCUT2D eigenvalue weighted by Crippen LogP contribution is -2.14. The summed E-state index contributed by atoms with van der Waals surface area (Å²) in [6.45, 7) is 0. The van der Waals surface area contributed by atoms with Crippen LogP contribution in [0, 0.1) is 27.3 Å². The lowest BCUT2D eigenvalue weighted by molar-refractivity contribution is -0.385. The Hall–Kier alpha value is -3.93. The van der Waals surface area contributed by atoms with E-state index >= 15 is 0 Å². The number of para-hydroxylation sites is 1. The molecule has 9 heteroatoms. The molecule has 0 bridgehead atoms. The molecular formula is C18H14FN3O5. The summed E-state index contributed by atoms with van der Waals surface area (Å²) < 4.78 is 23.8. The summed E-state index contributed by atoms with van der Waals surface area (Å²) in [4.78, 5) is 22.9. The number of hydrogen-bond acceptors (Lipinski definition) is 6. The van der Waals surface area contributed by atoms with Gasteiger partial charge in [0.05, 0.1) is 36.5 Å². The molecule has 0 atom stereocenters. The highest BCUT2D eigenvalue weighted by Crippen LogP contribution is 2.35. The van der Waals surface area contributed by atoms with Crippen molar-refractivity contribution in [2.45, 2.75) is 0 Å². The summed E-state index contributed by atoms with van der Waals surface area (Å²) in [5.41, 5.74) is -1.00. The van der Waals surface area contributed by atoms with E-state index in [9.17, 15) is 24.6 Å². The molecule has 0 saturated carbocycles. The highest BCUT2D eigenvalue weighted by Gasteiger charge is 2.20. The van der Waals surface area contributed by atoms with Gasteiger partial charge in [-0.1, -0.05) is 12.1 Å². The number of hydrogen-bond donors (Lipinski definition) is 1. The largest absolute Gasteiger partial charge is 0.493 e. The molecule has 0 aliphatic rings. The van der Waals surface area contributed by atoms with Crippen molar-refractivity contribution >= 4 is 23.4 Å². The van der Waals surface area contributed by atoms with Crippen LogP contribution in [0.5, 0.6) is 11.5 Å². The standard InChI is InChI=1S/C18H14FN3O5/c1-26-16-8-11(15(22(24)25)9-17(16)27-2)7-12(10-20)18(23)21-14-6-4-3-5-13(14)19/h3-9H,1-2H3,(H,21,23)/b12-7+. The monoisotopic (exact) mass is 371 g/mol. The number of benzene rings is 2. The summed E-state index contributed by atoms with van der Waals surface area (Å²) in [6, 6.07) is 9.46. The smallest absolute Gasteiger partial charge is 0.280 e. The normalized spacial score (nSPS) is 10.7. The second-order valence-corrected chi connectivity index (χ2v) is 5.13. The van der Waals surface area contributed by atoms with Crippen molar-refractivity contribution in [3.8, 4) is 17.6 Å². The Bertz CT molecular complexity index is 966. The molecule has 0 radical (unpaired) electrons. The number of nitriles is 1. The summed E-state index contributed by atoms with van der Waals surface area (Å²) in [5.74, 6) is -1.29. The fraction of sp³-hybridized carbons (Fsp3) is 0.111. The topological polar surface area (TPSA) is 114 Å². The van der Waals surface area contributed by atoms with E-state index in [0.29, 0.717) is 0 Å². The summed E-state index contributed by atoms with van der Waals surface area (Å²) in [5, 5.41) is 22.8. The van der Waals surface area contributed by atoms with E-state index in [0.717, 1.165) is 18.2 Å². The second-order valence-electron chi connectivity index (χ2n) is 5.13. The van der Waals surface area contributed by atoms with Gasteiger partial charge in [-0.05, 0) is 24.3 Å². The fourth-order valence-electron chi connectivity index (χ4n) is 2.21. The van der Waals surface area contributed by atoms with Gasteiger partial charge in [-0.15, -0.1) is 0 Å². The van der Waals surface area contributed by atoms with Gasteiger partial charge in [0, 0.05) is 0 Å². The van der Waals surface area contributed by atoms with Crippen molar-refractivity contribution in [1.29, 1.82) is 5.26 Å². The predicted octanol–water partition coefficient (Wildman–Crippen LogP) is 3.30. The minimum Gasteiger partial charge on any atom is -0.493 e. The molecule has 2 rings (SSSR count). The van der Waals surface area contributed by atoms with Crippen LogP contribution in [0.4, 0.5) is 15.8 Å². The van der Waals surface area contributed by atoms with E-state index in [2.05, 4.69) is 5.32 Å². The first-order chi connectivity index (χ1) is 12.9. The number of nitro benzene ring substituents is 1. The lowest BCUT2D eigenvalue weighted by Gasteiger charge is -2.09. The van der Waals surface area contributed by atoms with Crippen molar-refractivity contribution < 1.29 is 23.6 Å². The van der Waals surface area contributed by atoms with E-state index in [1.54, 1.807) is 6.07 Å². The Kier molecular flexibility index (Phi) is 6.06. The van der Waals surface area contributed by atoms with Gasteiger partial charge < -0.3 is 14.8 Å². The van der Waals surface area contributed by atoms with Gasteiger partial charge in [0.15, 0.2) is 11.5 Å². The van der Waals surface area contributed by atoms with Crippen LogP contribution in [-0.4, -0.2) is 25.1 Å². The third kappa shape index (κ3) is 4.38. The Morgan fingerprint density at radius 3 is 2.44 bits per heavy atom. The van der Waals surface area contributed by atoms with Crippen LogP contribution in [0.15, 0.2) is 42.0 Å². The molecule has 138 valence electrons. The zero-order chi connectivity index (χ0) is 20.0. The maximum Gasteiger partial charge on any atom is 0.280 e. The van der Waals surface area contributed by atoms with Crippen molar-refractivity contribution in [2.24, 2.45) is 0 Å². The molecule has 0 heterocycles. The number of nitrogens with zero attached hydrogens (tertiary/aromatic N) is 2. The van der Waals surface area contributed by atoms with Crippen molar-refractivity contribution in [2.75, 3.05) is 19.5 Å². The van der Waals surface area contributed by atoms with Crippen LogP contribution in [0.2, 0.25) is 0 Å². The summed E-state index contributed by atoms with van der Waals surface area (Å²) in [7, 11) is 2.66. The quantitative estimate of drug-likeness (QED) is 0.361. The maximum atomic E-state index is 13.7. The lowest BCUT2D eigenvalue weighted by atomic mass is 10.1. The molecule has 0 aromatic heterocycles. The number of nitro groups is 1. The third-order valence-electron chi connectivity index (χ3n) is 3.52. The van der Waals surface area contributed by atoms with Crippen LogP contribution < -0.4 is 14.8 Å². The Labute approximate surface area is 153 Å². The number of anilines is 1. The van der Waals surface area contributed by atoms with Crippen LogP contribution >= 0.6 is 0 Å². The molecule has 8 nitrogen and oxygen atoms in total. The van der Waals surface area contributed by atoms with Crippen molar-refractivity contribution in [3.63, 3.8) is 0 Å². The molecule has 1 amide bonds. The third-order valence-corrected chi connectivity index (χ3v) is 3.52. The van der Waals surface area contributed by atoms with Crippen LogP contribution in [0.1, 0.15) is 5.56 Å². The first-order valence-corrected chi connectivity index (χ1v) is 7.49. The number of amides is 1. The molecule has 0 unspecified atom stereocenters. The van der Waals surface area contributed by atoms with Gasteiger partial charge in [0.1, 0.15) is 17.5 Å². The Morgan fingerprint density at radius 1 is 1.26 bits per heavy atom. The van der Waals surface area contributed by atoms with Crippen LogP contribution in [0.3, 0.4) is 0 Å². The molecular weight excluding hydrogens is 357 g/mol. The number of ether oxygens (including phenoxy) is 2. The van der Waals surface area contributed by atoms with E-state index in [-0.39, 0.29) is 28.4 Å². The molecule has 0 saturated heterocycles. The highest BCUT2D eigenvalue weighted by atomic mass is 19.1. The summed E-state index contributed by atoms with van der Waals surface area (Å²) in [6.07, 6.45) is 1.02. The first kappa shape index (κ1) is 19.4. The molecule has 0 aliphatic carbocycles. The summed E-state index contributed by atoms with van der Waals surface area (Å²) >= 11 is 0. The van der Waals surface area contributed by atoms with Crippen LogP contribution in [-0.2, 0) is 4.79 Å². The van der Waals surface area contributed by atoms with Gasteiger partial charge in [0.2, 0.25) is 0 Å². The van der Waals surface area contributed by atoms with Gasteiger partial charge in [-0.3, -0.25) is 14.9 Å². The van der Waals surface area contributed by atoms with E-state index in [4.69, 9.17) is 9.47 Å². The molecule has 0 fully saturated rings. The number of nitrogens with one attached hydrogen (secondary N) is 1. The molecule has 0 aliphatic heterocycles. The highest BCUT2D eigenvalue weighted by molar-refractivity contribution is 6.10. The molecule has 1 N–H and O–H groups in total. The Balaban J connectivity index is 2.47. The number of rotatable bonds is 6. The van der Waals surface area contributed by atoms with Crippen LogP contribution in [0.25, 0.3) is 6.08 Å². The number of carbonyl (C=O) groups excluding carboxylic acids is 1. The average Bonchev–Trinajstić information content (AvgIpc) is 2.66. The maximum absolute atomic E-state index is 13.7. The molecule has 2 aromatic carbocycles. The SMILES string of the molecule is COc1cc(/C=C(\C#N)C(=O)Nc2ccccc2F)c([N+](=O)[O-])cc1OC. The molecule has 0 spiro atoms. The zero-order valence-corrected chi connectivity index (χ0v) is 14.4. The van der Waals surface area contributed by atoms with Gasteiger partial charge in [-0.25, -0.2) is 4.39 Å². The van der Waals surface area contributed by atoms with Gasteiger partial charge >= 0.3 is 0 Å². The Morgan fingerprint density at radius 2 is 1.89 bits per heavy atom. The number of carbonyl (C=O) groups is 1. The van der Waals surface area contributed by atoms with E-state index < -0.39 is 22.2 Å². The van der Waals surface area contributed by atoms with E-state index in [1.165, 1.54) is 38.5 Å². The molecule has 2 aromatic rings. The minimum absolute atomic E-state index is 0.0436. The van der Waals surface area contributed by atoms with Gasteiger partial charge in [-0.2, -0.15) is 5.26 Å². The second kappa shape index (κ2) is 8.44. The van der Waals surface area contributed by atoms with Gasteiger partial charge in [0.25, 0.3) is 11.6 Å². The van der Waals surface area contributed by atoms with E-state index in [1.807, 2.05) is 0 Å². The minimum atomic E-state index is -0.910. The molecule has 27 heavy (non-hydrogen) atoms.